The fraction of sp³-hybridized carbons (Fsp3) is 0.308. The highest BCUT2D eigenvalue weighted by molar-refractivity contribution is 5.95. The van der Waals surface area contributed by atoms with Gasteiger partial charge in [-0.2, -0.15) is 13.2 Å². The first-order chi connectivity index (χ1) is 8.34. The molecule has 18 heavy (non-hydrogen) atoms. The number of alkyl halides is 3. The van der Waals surface area contributed by atoms with Gasteiger partial charge in [-0.05, 0) is 18.6 Å². The Hall–Kier alpha value is -1.78. The van der Waals surface area contributed by atoms with Gasteiger partial charge < -0.3 is 5.11 Å². The van der Waals surface area contributed by atoms with Gasteiger partial charge in [0.1, 0.15) is 5.76 Å². The predicted molar refractivity (Wildman–Crippen MR) is 62.0 cm³/mol. The Labute approximate surface area is 103 Å². The second-order valence-corrected chi connectivity index (χ2v) is 3.82. The predicted octanol–water partition coefficient (Wildman–Crippen LogP) is 3.97. The molecule has 0 spiro atoms. The summed E-state index contributed by atoms with van der Waals surface area (Å²) in [6.07, 6.45) is -2.64. The molecule has 0 unspecified atom stereocenters. The molecule has 0 heterocycles. The summed E-state index contributed by atoms with van der Waals surface area (Å²) in [4.78, 5) is 11.3. The number of halogens is 3. The molecule has 0 radical (unpaired) electrons. The number of ketones is 1. The second-order valence-electron chi connectivity index (χ2n) is 3.82. The van der Waals surface area contributed by atoms with Gasteiger partial charge in [0.15, 0.2) is 5.78 Å². The molecular weight excluding hydrogens is 245 g/mol. The van der Waals surface area contributed by atoms with Crippen LogP contribution in [0.25, 0.3) is 5.76 Å². The van der Waals surface area contributed by atoms with Crippen molar-refractivity contribution in [1.29, 1.82) is 0 Å². The molecule has 0 aliphatic heterocycles. The number of benzene rings is 1. The fourth-order valence-electron chi connectivity index (χ4n) is 1.41. The summed E-state index contributed by atoms with van der Waals surface area (Å²) in [5.41, 5.74) is -0.878. The van der Waals surface area contributed by atoms with Crippen molar-refractivity contribution in [1.82, 2.24) is 0 Å². The molecule has 0 bridgehead atoms. The van der Waals surface area contributed by atoms with E-state index in [9.17, 15) is 23.1 Å². The van der Waals surface area contributed by atoms with Crippen LogP contribution in [0.5, 0.6) is 0 Å². The van der Waals surface area contributed by atoms with Crippen LogP contribution in [0.4, 0.5) is 13.2 Å². The summed E-state index contributed by atoms with van der Waals surface area (Å²) < 4.78 is 37.3. The topological polar surface area (TPSA) is 37.3 Å². The van der Waals surface area contributed by atoms with Crippen LogP contribution in [-0.2, 0) is 11.0 Å². The van der Waals surface area contributed by atoms with Crippen LogP contribution in [0.15, 0.2) is 30.3 Å². The first kappa shape index (κ1) is 14.3. The Morgan fingerprint density at radius 3 is 2.61 bits per heavy atom. The minimum atomic E-state index is -4.47. The third-order valence-electron chi connectivity index (χ3n) is 2.28. The third-order valence-corrected chi connectivity index (χ3v) is 2.28. The Balaban J connectivity index is 3.00. The van der Waals surface area contributed by atoms with Gasteiger partial charge in [-0.25, -0.2) is 0 Å². The number of carbonyl (C=O) groups is 1. The Morgan fingerprint density at radius 1 is 1.39 bits per heavy atom. The van der Waals surface area contributed by atoms with Crippen LogP contribution in [0.1, 0.15) is 30.9 Å². The van der Waals surface area contributed by atoms with Crippen LogP contribution in [0, 0.1) is 0 Å². The minimum absolute atomic E-state index is 0.0192. The van der Waals surface area contributed by atoms with Crippen LogP contribution in [0.2, 0.25) is 0 Å². The summed E-state index contributed by atoms with van der Waals surface area (Å²) in [6.45, 7) is 1.80. The quantitative estimate of drug-likeness (QED) is 0.655. The minimum Gasteiger partial charge on any atom is -0.507 e. The van der Waals surface area contributed by atoms with Crippen molar-refractivity contribution < 1.29 is 23.1 Å². The number of aliphatic hydroxyl groups is 1. The lowest BCUT2D eigenvalue weighted by atomic mass is 10.1. The summed E-state index contributed by atoms with van der Waals surface area (Å²) in [6, 6.07) is 4.22. The van der Waals surface area contributed by atoms with E-state index in [0.29, 0.717) is 6.42 Å². The Kier molecular flexibility index (Phi) is 4.53. The average Bonchev–Trinajstić information content (AvgIpc) is 2.28. The largest absolute Gasteiger partial charge is 0.507 e. The maximum Gasteiger partial charge on any atom is 0.416 e. The Bertz CT molecular complexity index is 462. The molecule has 0 saturated heterocycles. The lowest BCUT2D eigenvalue weighted by molar-refractivity contribution is -0.137. The van der Waals surface area contributed by atoms with Crippen molar-refractivity contribution in [3.63, 3.8) is 0 Å². The summed E-state index contributed by atoms with van der Waals surface area (Å²) in [5, 5.41) is 9.58. The molecule has 5 heteroatoms. The number of allylic oxidation sites excluding steroid dienone is 1. The first-order valence-electron chi connectivity index (χ1n) is 5.45. The maximum absolute atomic E-state index is 12.4. The van der Waals surface area contributed by atoms with Crippen LogP contribution < -0.4 is 0 Å². The normalized spacial score (nSPS) is 12.6. The average molecular weight is 258 g/mol. The number of rotatable bonds is 4. The van der Waals surface area contributed by atoms with Crippen molar-refractivity contribution in [2.45, 2.75) is 25.9 Å². The Morgan fingerprint density at radius 2 is 2.06 bits per heavy atom. The fourth-order valence-corrected chi connectivity index (χ4v) is 1.41. The van der Waals surface area contributed by atoms with Gasteiger partial charge in [0.05, 0.1) is 5.56 Å². The van der Waals surface area contributed by atoms with E-state index in [2.05, 4.69) is 0 Å². The van der Waals surface area contributed by atoms with E-state index >= 15 is 0 Å². The molecule has 1 N–H and O–H groups in total. The molecule has 0 aromatic heterocycles. The van der Waals surface area contributed by atoms with Crippen molar-refractivity contribution in [3.8, 4) is 0 Å². The van der Waals surface area contributed by atoms with E-state index in [1.54, 1.807) is 6.92 Å². The first-order valence-corrected chi connectivity index (χ1v) is 5.45. The molecule has 0 aliphatic carbocycles. The standard InChI is InChI=1S/C13H13F3O2/c1-2-4-11(17)8-12(18)9-5-3-6-10(7-9)13(14,15)16/h3,5-8,18H,2,4H2,1H3/b12-8-. The maximum atomic E-state index is 12.4. The van der Waals surface area contributed by atoms with E-state index in [1.807, 2.05) is 0 Å². The molecule has 0 aliphatic rings. The zero-order valence-corrected chi connectivity index (χ0v) is 9.79. The van der Waals surface area contributed by atoms with Gasteiger partial charge in [0, 0.05) is 18.1 Å². The molecule has 0 saturated carbocycles. The molecule has 2 nitrogen and oxygen atoms in total. The van der Waals surface area contributed by atoms with Crippen LogP contribution in [-0.4, -0.2) is 10.9 Å². The van der Waals surface area contributed by atoms with E-state index in [1.165, 1.54) is 12.1 Å². The number of aliphatic hydroxyl groups excluding tert-OH is 1. The van der Waals surface area contributed by atoms with Crippen molar-refractivity contribution in [2.75, 3.05) is 0 Å². The SMILES string of the molecule is CCCC(=O)/C=C(\O)c1cccc(C(F)(F)F)c1. The van der Waals surface area contributed by atoms with Gasteiger partial charge in [-0.1, -0.05) is 19.1 Å². The van der Waals surface area contributed by atoms with E-state index in [-0.39, 0.29) is 17.8 Å². The lowest BCUT2D eigenvalue weighted by Gasteiger charge is -2.08. The van der Waals surface area contributed by atoms with E-state index in [0.717, 1.165) is 18.2 Å². The van der Waals surface area contributed by atoms with E-state index < -0.39 is 17.5 Å². The molecule has 0 fully saturated rings. The molecule has 0 atom stereocenters. The monoisotopic (exact) mass is 258 g/mol. The molecule has 1 aromatic rings. The number of hydrogen-bond acceptors (Lipinski definition) is 2. The van der Waals surface area contributed by atoms with Crippen LogP contribution >= 0.6 is 0 Å². The zero-order chi connectivity index (χ0) is 13.8. The van der Waals surface area contributed by atoms with Gasteiger partial charge in [0.25, 0.3) is 0 Å². The zero-order valence-electron chi connectivity index (χ0n) is 9.79. The molecule has 98 valence electrons. The van der Waals surface area contributed by atoms with Crippen LogP contribution in [0.3, 0.4) is 0 Å². The van der Waals surface area contributed by atoms with E-state index in [4.69, 9.17) is 0 Å². The van der Waals surface area contributed by atoms with Crippen molar-refractivity contribution in [3.05, 3.63) is 41.5 Å². The lowest BCUT2D eigenvalue weighted by Crippen LogP contribution is -2.05. The molecule has 1 aromatic carbocycles. The highest BCUT2D eigenvalue weighted by Gasteiger charge is 2.30. The number of hydrogen-bond donors (Lipinski definition) is 1. The third kappa shape index (κ3) is 3.91. The summed E-state index contributed by atoms with van der Waals surface area (Å²) in [5.74, 6) is -0.757. The smallest absolute Gasteiger partial charge is 0.416 e. The van der Waals surface area contributed by atoms with Gasteiger partial charge in [-0.3, -0.25) is 4.79 Å². The van der Waals surface area contributed by atoms with Gasteiger partial charge >= 0.3 is 6.18 Å². The van der Waals surface area contributed by atoms with Gasteiger partial charge in [0.2, 0.25) is 0 Å². The molecule has 0 amide bonds. The van der Waals surface area contributed by atoms with Crippen molar-refractivity contribution in [2.24, 2.45) is 0 Å². The second kappa shape index (κ2) is 5.71. The number of carbonyl (C=O) groups excluding carboxylic acids is 1. The van der Waals surface area contributed by atoms with Gasteiger partial charge in [-0.15, -0.1) is 0 Å². The van der Waals surface area contributed by atoms with Crippen molar-refractivity contribution >= 4 is 11.5 Å². The highest BCUT2D eigenvalue weighted by Crippen LogP contribution is 2.30. The molecule has 1 rings (SSSR count). The molecular formula is C13H13F3O2. The highest BCUT2D eigenvalue weighted by atomic mass is 19.4. The summed E-state index contributed by atoms with van der Waals surface area (Å²) >= 11 is 0. The summed E-state index contributed by atoms with van der Waals surface area (Å²) in [7, 11) is 0.